The zero-order valence-electron chi connectivity index (χ0n) is 15.7. The van der Waals surface area contributed by atoms with E-state index >= 15 is 0 Å². The van der Waals surface area contributed by atoms with Gasteiger partial charge in [0.15, 0.2) is 0 Å². The molecule has 2 rings (SSSR count). The molecular weight excluding hydrogens is 270 g/mol. The number of ether oxygens (including phenoxy) is 1. The van der Waals surface area contributed by atoms with E-state index in [2.05, 4.69) is 39.5 Å². The summed E-state index contributed by atoms with van der Waals surface area (Å²) in [5.74, 6) is 2.62. The average Bonchev–Trinajstić information content (AvgIpc) is 2.47. The van der Waals surface area contributed by atoms with Gasteiger partial charge in [0.25, 0.3) is 0 Å². The first-order chi connectivity index (χ1) is 10.4. The molecule has 2 aliphatic rings. The summed E-state index contributed by atoms with van der Waals surface area (Å²) in [6.45, 7) is 16.6. The van der Waals surface area contributed by atoms with E-state index < -0.39 is 0 Å². The summed E-state index contributed by atoms with van der Waals surface area (Å²) < 4.78 is 6.21. The van der Waals surface area contributed by atoms with Gasteiger partial charge in [-0.1, -0.05) is 41.0 Å². The molecule has 0 bridgehead atoms. The topological polar surface area (TPSA) is 12.5 Å². The van der Waals surface area contributed by atoms with E-state index in [0.29, 0.717) is 11.5 Å². The maximum atomic E-state index is 6.21. The average molecular weight is 310 g/mol. The summed E-state index contributed by atoms with van der Waals surface area (Å²) >= 11 is 0. The highest BCUT2D eigenvalue weighted by molar-refractivity contribution is 4.83. The van der Waals surface area contributed by atoms with Crippen LogP contribution in [0.4, 0.5) is 0 Å². The minimum Gasteiger partial charge on any atom is -0.377 e. The van der Waals surface area contributed by atoms with E-state index in [1.54, 1.807) is 0 Å². The molecule has 0 amide bonds. The molecule has 1 heterocycles. The van der Waals surface area contributed by atoms with Crippen molar-refractivity contribution in [3.63, 3.8) is 0 Å². The van der Waals surface area contributed by atoms with Gasteiger partial charge < -0.3 is 9.64 Å². The number of likely N-dealkylation sites (tertiary alicyclic amines) is 1. The van der Waals surface area contributed by atoms with Crippen LogP contribution >= 0.6 is 0 Å². The van der Waals surface area contributed by atoms with E-state index in [1.807, 2.05) is 0 Å². The van der Waals surface area contributed by atoms with Gasteiger partial charge in [-0.2, -0.15) is 0 Å². The van der Waals surface area contributed by atoms with E-state index in [9.17, 15) is 0 Å². The molecule has 1 saturated heterocycles. The predicted molar refractivity (Wildman–Crippen MR) is 95.2 cm³/mol. The second-order valence-electron chi connectivity index (χ2n) is 8.89. The molecule has 1 aliphatic heterocycles. The summed E-state index contributed by atoms with van der Waals surface area (Å²) in [4.78, 5) is 2.62. The first kappa shape index (κ1) is 18.3. The van der Waals surface area contributed by atoms with Gasteiger partial charge in [-0.25, -0.2) is 0 Å². The fourth-order valence-corrected chi connectivity index (χ4v) is 4.62. The Bertz CT molecular complexity index is 310. The minimum atomic E-state index is 0.519. The fourth-order valence-electron chi connectivity index (χ4n) is 4.62. The van der Waals surface area contributed by atoms with Gasteiger partial charge in [-0.05, 0) is 55.3 Å². The summed E-state index contributed by atoms with van der Waals surface area (Å²) in [7, 11) is 0. The molecule has 0 aromatic rings. The molecule has 130 valence electrons. The third-order valence-corrected chi connectivity index (χ3v) is 6.40. The maximum Gasteiger partial charge on any atom is 0.0597 e. The Kier molecular flexibility index (Phi) is 6.76. The Morgan fingerprint density at radius 2 is 1.59 bits per heavy atom. The van der Waals surface area contributed by atoms with E-state index in [-0.39, 0.29) is 0 Å². The van der Waals surface area contributed by atoms with Gasteiger partial charge in [0, 0.05) is 19.6 Å². The summed E-state index contributed by atoms with van der Waals surface area (Å²) in [6, 6.07) is 0. The van der Waals surface area contributed by atoms with Crippen molar-refractivity contribution in [3.8, 4) is 0 Å². The summed E-state index contributed by atoms with van der Waals surface area (Å²) in [5, 5.41) is 0. The normalized spacial score (nSPS) is 34.8. The van der Waals surface area contributed by atoms with E-state index in [0.717, 1.165) is 30.9 Å². The molecule has 2 unspecified atom stereocenters. The van der Waals surface area contributed by atoms with Crippen LogP contribution in [0.3, 0.4) is 0 Å². The van der Waals surface area contributed by atoms with Crippen LogP contribution in [0.15, 0.2) is 0 Å². The van der Waals surface area contributed by atoms with Crippen molar-refractivity contribution in [3.05, 3.63) is 0 Å². The quantitative estimate of drug-likeness (QED) is 0.686. The Morgan fingerprint density at radius 1 is 1.00 bits per heavy atom. The molecule has 2 nitrogen and oxygen atoms in total. The van der Waals surface area contributed by atoms with Crippen LogP contribution in [-0.4, -0.2) is 37.2 Å². The Balaban J connectivity index is 1.63. The van der Waals surface area contributed by atoms with Crippen LogP contribution in [0.1, 0.15) is 73.1 Å². The lowest BCUT2D eigenvalue weighted by Crippen LogP contribution is -2.41. The number of hydrogen-bond acceptors (Lipinski definition) is 2. The third kappa shape index (κ3) is 5.23. The lowest BCUT2D eigenvalue weighted by atomic mass is 9.69. The van der Waals surface area contributed by atoms with E-state index in [4.69, 9.17) is 4.74 Å². The van der Waals surface area contributed by atoms with Crippen molar-refractivity contribution >= 4 is 0 Å². The highest BCUT2D eigenvalue weighted by Gasteiger charge is 2.32. The van der Waals surface area contributed by atoms with Crippen molar-refractivity contribution in [2.75, 3.05) is 26.2 Å². The van der Waals surface area contributed by atoms with Crippen molar-refractivity contribution < 1.29 is 4.74 Å². The second-order valence-corrected chi connectivity index (χ2v) is 8.89. The molecule has 0 radical (unpaired) electrons. The molecule has 0 aromatic heterocycles. The van der Waals surface area contributed by atoms with Gasteiger partial charge >= 0.3 is 0 Å². The number of rotatable bonds is 6. The third-order valence-electron chi connectivity index (χ3n) is 6.40. The maximum absolute atomic E-state index is 6.21. The lowest BCUT2D eigenvalue weighted by molar-refractivity contribution is -0.0129. The molecule has 1 saturated carbocycles. The molecular formula is C20H39NO. The van der Waals surface area contributed by atoms with Crippen molar-refractivity contribution in [2.45, 2.75) is 79.2 Å². The predicted octanol–water partition coefficient (Wildman–Crippen LogP) is 4.98. The Labute approximate surface area is 139 Å². The summed E-state index contributed by atoms with van der Waals surface area (Å²) in [5.41, 5.74) is 0.519. The zero-order valence-corrected chi connectivity index (χ0v) is 15.7. The molecule has 2 heteroatoms. The highest BCUT2D eigenvalue weighted by Crippen LogP contribution is 2.40. The fraction of sp³-hybridized carbons (Fsp3) is 1.00. The van der Waals surface area contributed by atoms with Gasteiger partial charge in [0.2, 0.25) is 0 Å². The van der Waals surface area contributed by atoms with Crippen LogP contribution in [-0.2, 0) is 4.74 Å². The van der Waals surface area contributed by atoms with Crippen LogP contribution in [0, 0.1) is 23.2 Å². The highest BCUT2D eigenvalue weighted by atomic mass is 16.5. The van der Waals surface area contributed by atoms with Crippen LogP contribution in [0.25, 0.3) is 0 Å². The lowest BCUT2D eigenvalue weighted by Gasteiger charge is -2.39. The SMILES string of the molecule is CCC(C)(C)C1CCC(OCCN2CC(C)CC(C)C2)CC1. The van der Waals surface area contributed by atoms with Crippen molar-refractivity contribution in [2.24, 2.45) is 23.2 Å². The van der Waals surface area contributed by atoms with E-state index in [1.165, 1.54) is 51.6 Å². The minimum absolute atomic E-state index is 0.519. The Morgan fingerprint density at radius 3 is 2.14 bits per heavy atom. The van der Waals surface area contributed by atoms with Crippen LogP contribution in [0.2, 0.25) is 0 Å². The molecule has 0 spiro atoms. The standard InChI is InChI=1S/C20H39NO/c1-6-20(4,5)18-7-9-19(10-8-18)22-12-11-21-14-16(2)13-17(3)15-21/h16-19H,6-15H2,1-5H3. The van der Waals surface area contributed by atoms with Crippen LogP contribution < -0.4 is 0 Å². The van der Waals surface area contributed by atoms with Crippen LogP contribution in [0.5, 0.6) is 0 Å². The largest absolute Gasteiger partial charge is 0.377 e. The number of piperidine rings is 1. The molecule has 22 heavy (non-hydrogen) atoms. The molecule has 2 fully saturated rings. The molecule has 2 atom stereocenters. The first-order valence-corrected chi connectivity index (χ1v) is 9.74. The number of nitrogens with zero attached hydrogens (tertiary/aromatic N) is 1. The van der Waals surface area contributed by atoms with Gasteiger partial charge in [-0.15, -0.1) is 0 Å². The van der Waals surface area contributed by atoms with Gasteiger partial charge in [0.1, 0.15) is 0 Å². The molecule has 1 aliphatic carbocycles. The van der Waals surface area contributed by atoms with Gasteiger partial charge in [-0.3, -0.25) is 0 Å². The summed E-state index contributed by atoms with van der Waals surface area (Å²) in [6.07, 6.45) is 8.51. The van der Waals surface area contributed by atoms with Crippen molar-refractivity contribution in [1.82, 2.24) is 4.90 Å². The van der Waals surface area contributed by atoms with Crippen molar-refractivity contribution in [1.29, 1.82) is 0 Å². The first-order valence-electron chi connectivity index (χ1n) is 9.74. The zero-order chi connectivity index (χ0) is 16.2. The van der Waals surface area contributed by atoms with Gasteiger partial charge in [0.05, 0.1) is 12.7 Å². The monoisotopic (exact) mass is 309 g/mol. The smallest absolute Gasteiger partial charge is 0.0597 e. The molecule has 0 N–H and O–H groups in total. The molecule has 0 aromatic carbocycles. The second kappa shape index (κ2) is 8.15. The number of hydrogen-bond donors (Lipinski definition) is 0. The Hall–Kier alpha value is -0.0800.